The second-order valence-corrected chi connectivity index (χ2v) is 8.32. The number of nitrogens with one attached hydrogen (secondary N) is 1. The molecule has 0 spiro atoms. The SMILES string of the molecule is CC(C)c1ccc2c(c1)CC[C@H]1[C@@](C)(C(=O)NN)CCC[C@]21C. The lowest BCUT2D eigenvalue weighted by Crippen LogP contribution is -2.56. The second-order valence-electron chi connectivity index (χ2n) is 8.32. The largest absolute Gasteiger partial charge is 0.294 e. The van der Waals surface area contributed by atoms with Crippen molar-refractivity contribution < 1.29 is 4.79 Å². The minimum absolute atomic E-state index is 0.00988. The lowest BCUT2D eigenvalue weighted by Gasteiger charge is -2.54. The third-order valence-electron chi connectivity index (χ3n) is 6.69. The fraction of sp³-hybridized carbons (Fsp3) is 0.650. The second kappa shape index (κ2) is 5.62. The van der Waals surface area contributed by atoms with Crippen LogP contribution >= 0.6 is 0 Å². The average molecular weight is 314 g/mol. The van der Waals surface area contributed by atoms with E-state index < -0.39 is 0 Å². The Morgan fingerprint density at radius 3 is 2.70 bits per heavy atom. The van der Waals surface area contributed by atoms with Crippen LogP contribution in [0.1, 0.15) is 76.0 Å². The zero-order chi connectivity index (χ0) is 16.8. The number of amides is 1. The normalized spacial score (nSPS) is 33.0. The van der Waals surface area contributed by atoms with Crippen molar-refractivity contribution in [2.24, 2.45) is 17.2 Å². The lowest BCUT2D eigenvalue weighted by molar-refractivity contribution is -0.139. The van der Waals surface area contributed by atoms with Crippen LogP contribution in [0.5, 0.6) is 0 Å². The molecule has 1 aromatic carbocycles. The van der Waals surface area contributed by atoms with Crippen LogP contribution < -0.4 is 11.3 Å². The van der Waals surface area contributed by atoms with Crippen LogP contribution in [-0.4, -0.2) is 5.91 Å². The monoisotopic (exact) mass is 314 g/mol. The highest BCUT2D eigenvalue weighted by Crippen LogP contribution is 2.57. The van der Waals surface area contributed by atoms with E-state index in [1.54, 1.807) is 0 Å². The Bertz CT molecular complexity index is 624. The van der Waals surface area contributed by atoms with E-state index in [1.807, 2.05) is 0 Å². The highest BCUT2D eigenvalue weighted by molar-refractivity contribution is 5.82. The summed E-state index contributed by atoms with van der Waals surface area (Å²) >= 11 is 0. The molecule has 3 nitrogen and oxygen atoms in total. The van der Waals surface area contributed by atoms with E-state index in [0.29, 0.717) is 11.8 Å². The first-order valence-electron chi connectivity index (χ1n) is 8.97. The highest BCUT2D eigenvalue weighted by Gasteiger charge is 2.54. The molecule has 0 saturated heterocycles. The maximum atomic E-state index is 12.5. The number of benzene rings is 1. The number of aryl methyl sites for hydroxylation is 1. The Balaban J connectivity index is 2.06. The standard InChI is InChI=1S/C20H30N2O/c1-13(2)14-6-8-16-15(12-14)7-9-17-19(16,3)10-5-11-20(17,4)18(23)22-21/h6,8,12-13,17H,5,7,9-11,21H2,1-4H3,(H,22,23)/t17-,19-,20+/m1/s1. The van der Waals surface area contributed by atoms with E-state index >= 15 is 0 Å². The fourth-order valence-corrected chi connectivity index (χ4v) is 5.31. The van der Waals surface area contributed by atoms with Gasteiger partial charge >= 0.3 is 0 Å². The van der Waals surface area contributed by atoms with Crippen LogP contribution in [-0.2, 0) is 16.6 Å². The Morgan fingerprint density at radius 2 is 2.04 bits per heavy atom. The summed E-state index contributed by atoms with van der Waals surface area (Å²) in [5, 5.41) is 0. The number of carbonyl (C=O) groups is 1. The summed E-state index contributed by atoms with van der Waals surface area (Å²) in [5.41, 5.74) is 6.55. The predicted octanol–water partition coefficient (Wildman–Crippen LogP) is 3.81. The average Bonchev–Trinajstić information content (AvgIpc) is 2.53. The molecule has 1 aromatic rings. The number of fused-ring (bicyclic) bond motifs is 3. The minimum atomic E-state index is -0.351. The van der Waals surface area contributed by atoms with Gasteiger partial charge in [-0.1, -0.05) is 52.3 Å². The quantitative estimate of drug-likeness (QED) is 0.495. The number of hydrogen-bond donors (Lipinski definition) is 2. The van der Waals surface area contributed by atoms with Gasteiger partial charge in [0.2, 0.25) is 5.91 Å². The van der Waals surface area contributed by atoms with Gasteiger partial charge < -0.3 is 0 Å². The first-order chi connectivity index (χ1) is 10.8. The van der Waals surface area contributed by atoms with Gasteiger partial charge in [-0.25, -0.2) is 5.84 Å². The third-order valence-corrected chi connectivity index (χ3v) is 6.69. The van der Waals surface area contributed by atoms with Crippen molar-refractivity contribution in [2.45, 2.75) is 71.1 Å². The van der Waals surface area contributed by atoms with Gasteiger partial charge in [-0.3, -0.25) is 10.2 Å². The van der Waals surface area contributed by atoms with Crippen molar-refractivity contribution in [3.8, 4) is 0 Å². The third kappa shape index (κ3) is 2.40. The van der Waals surface area contributed by atoms with Gasteiger partial charge in [-0.05, 0) is 59.6 Å². The topological polar surface area (TPSA) is 55.1 Å². The molecule has 0 radical (unpaired) electrons. The summed E-state index contributed by atoms with van der Waals surface area (Å²) in [5.74, 6) is 6.44. The fourth-order valence-electron chi connectivity index (χ4n) is 5.31. The summed E-state index contributed by atoms with van der Waals surface area (Å²) < 4.78 is 0. The molecule has 3 atom stereocenters. The highest BCUT2D eigenvalue weighted by atomic mass is 16.2. The van der Waals surface area contributed by atoms with Crippen LogP contribution in [0.4, 0.5) is 0 Å². The van der Waals surface area contributed by atoms with Crippen molar-refractivity contribution in [2.75, 3.05) is 0 Å². The maximum absolute atomic E-state index is 12.5. The minimum Gasteiger partial charge on any atom is -0.294 e. The van der Waals surface area contributed by atoms with Crippen LogP contribution in [0.3, 0.4) is 0 Å². The number of nitrogens with two attached hydrogens (primary N) is 1. The Labute approximate surface area is 140 Å². The molecule has 126 valence electrons. The van der Waals surface area contributed by atoms with Gasteiger partial charge in [0.15, 0.2) is 0 Å². The van der Waals surface area contributed by atoms with Crippen LogP contribution in [0.15, 0.2) is 18.2 Å². The van der Waals surface area contributed by atoms with E-state index in [2.05, 4.69) is 51.3 Å². The zero-order valence-corrected chi connectivity index (χ0v) is 14.9. The number of rotatable bonds is 2. The van der Waals surface area contributed by atoms with Gasteiger partial charge in [0, 0.05) is 0 Å². The van der Waals surface area contributed by atoms with E-state index in [4.69, 9.17) is 5.84 Å². The number of hydrogen-bond acceptors (Lipinski definition) is 2. The van der Waals surface area contributed by atoms with Crippen molar-refractivity contribution in [1.82, 2.24) is 5.43 Å². The summed E-state index contributed by atoms with van der Waals surface area (Å²) in [6.45, 7) is 8.98. The van der Waals surface area contributed by atoms with Gasteiger partial charge in [0.1, 0.15) is 0 Å². The molecule has 3 N–H and O–H groups in total. The van der Waals surface area contributed by atoms with Crippen molar-refractivity contribution in [3.63, 3.8) is 0 Å². The summed E-state index contributed by atoms with van der Waals surface area (Å²) in [6.07, 6.45) is 5.34. The molecule has 1 saturated carbocycles. The molecule has 23 heavy (non-hydrogen) atoms. The molecular formula is C20H30N2O. The first-order valence-corrected chi connectivity index (χ1v) is 8.97. The van der Waals surface area contributed by atoms with Gasteiger partial charge in [0.05, 0.1) is 5.41 Å². The molecule has 0 unspecified atom stereocenters. The van der Waals surface area contributed by atoms with Crippen molar-refractivity contribution in [3.05, 3.63) is 34.9 Å². The van der Waals surface area contributed by atoms with Gasteiger partial charge in [-0.15, -0.1) is 0 Å². The molecule has 3 heteroatoms. The molecule has 0 aliphatic heterocycles. The van der Waals surface area contributed by atoms with Gasteiger partial charge in [-0.2, -0.15) is 0 Å². The predicted molar refractivity (Wildman–Crippen MR) is 94.0 cm³/mol. The molecule has 0 bridgehead atoms. The summed E-state index contributed by atoms with van der Waals surface area (Å²) in [7, 11) is 0. The Kier molecular flexibility index (Phi) is 4.04. The number of hydrazine groups is 1. The summed E-state index contributed by atoms with van der Waals surface area (Å²) in [4.78, 5) is 12.5. The van der Waals surface area contributed by atoms with Crippen molar-refractivity contribution in [1.29, 1.82) is 0 Å². The first kappa shape index (κ1) is 16.5. The van der Waals surface area contributed by atoms with Crippen molar-refractivity contribution >= 4 is 5.91 Å². The molecule has 2 aliphatic carbocycles. The smallest absolute Gasteiger partial charge is 0.240 e. The van der Waals surface area contributed by atoms with E-state index in [-0.39, 0.29) is 16.7 Å². The maximum Gasteiger partial charge on any atom is 0.240 e. The Hall–Kier alpha value is -1.35. The molecule has 1 amide bonds. The Morgan fingerprint density at radius 1 is 1.30 bits per heavy atom. The van der Waals surface area contributed by atoms with Crippen LogP contribution in [0.2, 0.25) is 0 Å². The summed E-state index contributed by atoms with van der Waals surface area (Å²) in [6, 6.07) is 7.02. The van der Waals surface area contributed by atoms with E-state index in [1.165, 1.54) is 23.1 Å². The van der Waals surface area contributed by atoms with Gasteiger partial charge in [0.25, 0.3) is 0 Å². The van der Waals surface area contributed by atoms with Crippen LogP contribution in [0.25, 0.3) is 0 Å². The van der Waals surface area contributed by atoms with Crippen LogP contribution in [0, 0.1) is 11.3 Å². The molecular weight excluding hydrogens is 284 g/mol. The molecule has 0 heterocycles. The molecule has 1 fully saturated rings. The van der Waals surface area contributed by atoms with E-state index in [0.717, 1.165) is 25.7 Å². The number of carbonyl (C=O) groups excluding carboxylic acids is 1. The molecule has 0 aromatic heterocycles. The zero-order valence-electron chi connectivity index (χ0n) is 14.9. The molecule has 3 rings (SSSR count). The molecule has 2 aliphatic rings. The van der Waals surface area contributed by atoms with E-state index in [9.17, 15) is 4.79 Å². The lowest BCUT2D eigenvalue weighted by atomic mass is 9.49.